The van der Waals surface area contributed by atoms with Crippen molar-refractivity contribution in [1.82, 2.24) is 14.9 Å². The van der Waals surface area contributed by atoms with Crippen LogP contribution in [0, 0.1) is 13.8 Å². The molecule has 0 spiro atoms. The summed E-state index contributed by atoms with van der Waals surface area (Å²) in [6, 6.07) is 23.8. The topological polar surface area (TPSA) is 78.5 Å². The van der Waals surface area contributed by atoms with E-state index < -0.39 is 16.1 Å². The molecule has 0 saturated heterocycles. The normalized spacial score (nSPS) is 20.5. The molecule has 208 valence electrons. The van der Waals surface area contributed by atoms with Crippen molar-refractivity contribution in [3.05, 3.63) is 101 Å². The third kappa shape index (κ3) is 7.35. The Bertz CT molecular complexity index is 1350. The Balaban J connectivity index is 1.46. The summed E-state index contributed by atoms with van der Waals surface area (Å²) in [4.78, 5) is 16.1. The SMILES string of the molecule is Cc1ccc(S(=O)(=O)NC(Cc2ccccc2)C(=O)NC2CCC(Cc3ccccc3C)(N(C)C)CC2)cc1. The highest BCUT2D eigenvalue weighted by Crippen LogP contribution is 2.36. The number of rotatable bonds is 10. The van der Waals surface area contributed by atoms with Gasteiger partial charge in [0.25, 0.3) is 0 Å². The molecule has 2 N–H and O–H groups in total. The number of sulfonamides is 1. The molecule has 6 nitrogen and oxygen atoms in total. The Labute approximate surface area is 233 Å². The van der Waals surface area contributed by atoms with Crippen molar-refractivity contribution in [2.45, 2.75) is 74.9 Å². The molecule has 0 bridgehead atoms. The average Bonchev–Trinajstić information content (AvgIpc) is 2.91. The van der Waals surface area contributed by atoms with Crippen LogP contribution in [0.2, 0.25) is 0 Å². The molecule has 1 unspecified atom stereocenters. The van der Waals surface area contributed by atoms with Gasteiger partial charge in [0.05, 0.1) is 4.90 Å². The summed E-state index contributed by atoms with van der Waals surface area (Å²) in [5, 5.41) is 3.19. The fourth-order valence-corrected chi connectivity index (χ4v) is 6.75. The highest BCUT2D eigenvalue weighted by Gasteiger charge is 2.38. The van der Waals surface area contributed by atoms with Gasteiger partial charge >= 0.3 is 0 Å². The van der Waals surface area contributed by atoms with Crippen molar-refractivity contribution in [1.29, 1.82) is 0 Å². The van der Waals surface area contributed by atoms with E-state index in [0.29, 0.717) is 0 Å². The molecular formula is C32H41N3O3S. The van der Waals surface area contributed by atoms with Gasteiger partial charge in [0.1, 0.15) is 6.04 Å². The van der Waals surface area contributed by atoms with Crippen LogP contribution in [0.5, 0.6) is 0 Å². The van der Waals surface area contributed by atoms with E-state index in [9.17, 15) is 13.2 Å². The molecule has 7 heteroatoms. The summed E-state index contributed by atoms with van der Waals surface area (Å²) in [5.74, 6) is -0.282. The summed E-state index contributed by atoms with van der Waals surface area (Å²) >= 11 is 0. The van der Waals surface area contributed by atoms with Gasteiger partial charge in [-0.05, 0) is 95.3 Å². The minimum atomic E-state index is -3.87. The standard InChI is InChI=1S/C32H41N3O3S/c1-24-14-16-29(17-15-24)39(37,38)34-30(22-26-11-6-5-7-12-26)31(36)33-28-18-20-32(21-19-28,35(3)4)23-27-13-9-8-10-25(27)2/h5-17,28,30,34H,18-23H2,1-4H3,(H,33,36). The van der Waals surface area contributed by atoms with E-state index >= 15 is 0 Å². The van der Waals surface area contributed by atoms with Gasteiger partial charge in [-0.25, -0.2) is 8.42 Å². The summed E-state index contributed by atoms with van der Waals surface area (Å²) in [5.41, 5.74) is 4.57. The van der Waals surface area contributed by atoms with E-state index in [1.807, 2.05) is 37.3 Å². The molecule has 39 heavy (non-hydrogen) atoms. The first-order chi connectivity index (χ1) is 18.6. The molecule has 0 radical (unpaired) electrons. The van der Waals surface area contributed by atoms with Gasteiger partial charge in [-0.15, -0.1) is 0 Å². The first-order valence-corrected chi connectivity index (χ1v) is 15.2. The molecule has 0 heterocycles. The van der Waals surface area contributed by atoms with Crippen LogP contribution in [0.4, 0.5) is 0 Å². The molecule has 1 saturated carbocycles. The van der Waals surface area contributed by atoms with Crippen LogP contribution in [0.3, 0.4) is 0 Å². The molecule has 1 fully saturated rings. The fraction of sp³-hybridized carbons (Fsp3) is 0.406. The van der Waals surface area contributed by atoms with Crippen molar-refractivity contribution in [3.63, 3.8) is 0 Å². The highest BCUT2D eigenvalue weighted by molar-refractivity contribution is 7.89. The van der Waals surface area contributed by atoms with E-state index in [-0.39, 0.29) is 28.8 Å². The number of benzene rings is 3. The van der Waals surface area contributed by atoms with Gasteiger partial charge in [0, 0.05) is 11.6 Å². The summed E-state index contributed by atoms with van der Waals surface area (Å²) in [6.45, 7) is 4.07. The van der Waals surface area contributed by atoms with Crippen LogP contribution in [0.15, 0.2) is 83.8 Å². The second-order valence-electron chi connectivity index (χ2n) is 11.2. The lowest BCUT2D eigenvalue weighted by Crippen LogP contribution is -2.55. The maximum absolute atomic E-state index is 13.6. The van der Waals surface area contributed by atoms with Gasteiger partial charge in [-0.2, -0.15) is 4.72 Å². The van der Waals surface area contributed by atoms with Crippen LogP contribution in [0.25, 0.3) is 0 Å². The molecule has 1 aliphatic rings. The van der Waals surface area contributed by atoms with E-state index in [1.165, 1.54) is 11.1 Å². The van der Waals surface area contributed by atoms with Gasteiger partial charge in [0.15, 0.2) is 0 Å². The van der Waals surface area contributed by atoms with E-state index in [2.05, 4.69) is 60.2 Å². The van der Waals surface area contributed by atoms with Crippen molar-refractivity contribution in [2.24, 2.45) is 0 Å². The van der Waals surface area contributed by atoms with Crippen molar-refractivity contribution >= 4 is 15.9 Å². The Morgan fingerprint density at radius 3 is 2.15 bits per heavy atom. The number of hydrogen-bond acceptors (Lipinski definition) is 4. The second kappa shape index (κ2) is 12.5. The number of likely N-dealkylation sites (N-methyl/N-ethyl adjacent to an activating group) is 1. The Morgan fingerprint density at radius 2 is 1.54 bits per heavy atom. The third-order valence-corrected chi connectivity index (χ3v) is 9.71. The van der Waals surface area contributed by atoms with Crippen molar-refractivity contribution in [2.75, 3.05) is 14.1 Å². The number of nitrogens with zero attached hydrogens (tertiary/aromatic N) is 1. The summed E-state index contributed by atoms with van der Waals surface area (Å²) in [6.07, 6.45) is 4.85. The lowest BCUT2D eigenvalue weighted by Gasteiger charge is -2.46. The number of amides is 1. The van der Waals surface area contributed by atoms with Crippen LogP contribution in [-0.4, -0.2) is 50.9 Å². The second-order valence-corrected chi connectivity index (χ2v) is 12.9. The van der Waals surface area contributed by atoms with E-state index in [4.69, 9.17) is 0 Å². The average molecular weight is 548 g/mol. The zero-order valence-electron chi connectivity index (χ0n) is 23.5. The van der Waals surface area contributed by atoms with Crippen LogP contribution in [-0.2, 0) is 27.7 Å². The minimum Gasteiger partial charge on any atom is -0.352 e. The zero-order valence-corrected chi connectivity index (χ0v) is 24.3. The smallest absolute Gasteiger partial charge is 0.241 e. The van der Waals surface area contributed by atoms with Crippen molar-refractivity contribution < 1.29 is 13.2 Å². The summed E-state index contributed by atoms with van der Waals surface area (Å²) in [7, 11) is 0.423. The van der Waals surface area contributed by atoms with E-state index in [0.717, 1.165) is 43.2 Å². The largest absolute Gasteiger partial charge is 0.352 e. The molecule has 4 rings (SSSR count). The molecule has 1 amide bonds. The third-order valence-electron chi connectivity index (χ3n) is 8.22. The maximum Gasteiger partial charge on any atom is 0.241 e. The number of aryl methyl sites for hydroxylation is 2. The van der Waals surface area contributed by atoms with Gasteiger partial charge in [-0.3, -0.25) is 4.79 Å². The lowest BCUT2D eigenvalue weighted by molar-refractivity contribution is -0.123. The quantitative estimate of drug-likeness (QED) is 0.382. The first-order valence-electron chi connectivity index (χ1n) is 13.7. The number of nitrogens with one attached hydrogen (secondary N) is 2. The zero-order chi connectivity index (χ0) is 28.0. The maximum atomic E-state index is 13.6. The monoisotopic (exact) mass is 547 g/mol. The highest BCUT2D eigenvalue weighted by atomic mass is 32.2. The molecular weight excluding hydrogens is 506 g/mol. The number of carbonyl (C=O) groups is 1. The molecule has 0 aromatic heterocycles. The van der Waals surface area contributed by atoms with Crippen LogP contribution < -0.4 is 10.0 Å². The van der Waals surface area contributed by atoms with Gasteiger partial charge in [-0.1, -0.05) is 72.3 Å². The molecule has 0 aliphatic heterocycles. The Kier molecular flexibility index (Phi) is 9.26. The number of carbonyl (C=O) groups excluding carboxylic acids is 1. The van der Waals surface area contributed by atoms with Gasteiger partial charge in [0.2, 0.25) is 15.9 Å². The molecule has 1 aliphatic carbocycles. The predicted octanol–water partition coefficient (Wildman–Crippen LogP) is 4.79. The van der Waals surface area contributed by atoms with Crippen molar-refractivity contribution in [3.8, 4) is 0 Å². The van der Waals surface area contributed by atoms with Crippen LogP contribution >= 0.6 is 0 Å². The summed E-state index contributed by atoms with van der Waals surface area (Å²) < 4.78 is 29.1. The first kappa shape index (κ1) is 29.0. The molecule has 3 aromatic rings. The molecule has 1 atom stereocenters. The van der Waals surface area contributed by atoms with Gasteiger partial charge < -0.3 is 10.2 Å². The number of hydrogen-bond donors (Lipinski definition) is 2. The van der Waals surface area contributed by atoms with E-state index in [1.54, 1.807) is 24.3 Å². The van der Waals surface area contributed by atoms with Crippen LogP contribution in [0.1, 0.15) is 47.9 Å². The Hall–Kier alpha value is -3.00. The fourth-order valence-electron chi connectivity index (χ4n) is 5.56. The Morgan fingerprint density at radius 1 is 0.923 bits per heavy atom. The lowest BCUT2D eigenvalue weighted by atomic mass is 9.74. The molecule has 3 aromatic carbocycles. The predicted molar refractivity (Wildman–Crippen MR) is 157 cm³/mol. The minimum absolute atomic E-state index is 0.00426.